The Balaban J connectivity index is 2.33. The van der Waals surface area contributed by atoms with Gasteiger partial charge in [0.2, 0.25) is 10.0 Å². The van der Waals surface area contributed by atoms with Crippen molar-refractivity contribution >= 4 is 21.4 Å². The highest BCUT2D eigenvalue weighted by Crippen LogP contribution is 2.29. The third-order valence-electron chi connectivity index (χ3n) is 3.41. The van der Waals surface area contributed by atoms with Gasteiger partial charge in [-0.25, -0.2) is 8.42 Å². The summed E-state index contributed by atoms with van der Waals surface area (Å²) in [6, 6.07) is 0. The predicted octanol–water partition coefficient (Wildman–Crippen LogP) is 0.875. The molecule has 1 saturated heterocycles. The average Bonchev–Trinajstić information content (AvgIpc) is 2.60. The van der Waals surface area contributed by atoms with E-state index in [0.29, 0.717) is 22.9 Å². The highest BCUT2D eigenvalue weighted by Gasteiger charge is 2.30. The van der Waals surface area contributed by atoms with Crippen LogP contribution in [-0.2, 0) is 16.6 Å². The highest BCUT2D eigenvalue weighted by molar-refractivity contribution is 7.89. The number of aliphatic hydroxyl groups excluding tert-OH is 1. The van der Waals surface area contributed by atoms with Gasteiger partial charge in [-0.05, 0) is 37.9 Å². The molecule has 1 aromatic rings. The molecule has 7 heteroatoms. The Hall–Kier alpha value is -0.470. The van der Waals surface area contributed by atoms with Gasteiger partial charge in [-0.1, -0.05) is 0 Å². The third-order valence-corrected chi connectivity index (χ3v) is 6.76. The van der Waals surface area contributed by atoms with Gasteiger partial charge in [-0.2, -0.15) is 4.31 Å². The lowest BCUT2D eigenvalue weighted by Gasteiger charge is -2.21. The summed E-state index contributed by atoms with van der Waals surface area (Å²) in [6.07, 6.45) is 0.841. The minimum absolute atomic E-state index is 0.221. The molecule has 1 aliphatic rings. The van der Waals surface area contributed by atoms with Crippen LogP contribution >= 0.6 is 11.3 Å². The van der Waals surface area contributed by atoms with Gasteiger partial charge in [0.15, 0.2) is 0 Å². The highest BCUT2D eigenvalue weighted by atomic mass is 32.2. The number of hydrogen-bond donors (Lipinski definition) is 1. The number of sulfonamides is 1. The van der Waals surface area contributed by atoms with Crippen molar-refractivity contribution in [1.29, 1.82) is 0 Å². The largest absolute Gasteiger partial charge is 0.391 e. The molecule has 0 aliphatic carbocycles. The van der Waals surface area contributed by atoms with E-state index in [1.54, 1.807) is 16.6 Å². The molecule has 1 aromatic heterocycles. The first-order valence-corrected chi connectivity index (χ1v) is 8.65. The zero-order valence-corrected chi connectivity index (χ0v) is 12.9. The van der Waals surface area contributed by atoms with Crippen LogP contribution in [0, 0.1) is 6.92 Å². The fourth-order valence-electron chi connectivity index (χ4n) is 2.34. The summed E-state index contributed by atoms with van der Waals surface area (Å²) < 4.78 is 27.0. The quantitative estimate of drug-likeness (QED) is 0.900. The van der Waals surface area contributed by atoms with E-state index in [1.165, 1.54) is 11.3 Å². The van der Waals surface area contributed by atoms with E-state index in [2.05, 4.69) is 4.90 Å². The van der Waals surface area contributed by atoms with Crippen LogP contribution in [0.25, 0.3) is 0 Å². The monoisotopic (exact) mass is 304 g/mol. The Morgan fingerprint density at radius 3 is 2.74 bits per heavy atom. The number of thiophene rings is 1. The summed E-state index contributed by atoms with van der Waals surface area (Å²) in [5, 5.41) is 11.1. The lowest BCUT2D eigenvalue weighted by molar-refractivity contribution is 0.282. The van der Waals surface area contributed by atoms with Crippen LogP contribution in [0.3, 0.4) is 0 Å². The molecule has 1 N–H and O–H groups in total. The van der Waals surface area contributed by atoms with Crippen molar-refractivity contribution in [2.24, 2.45) is 0 Å². The molecule has 0 bridgehead atoms. The van der Waals surface area contributed by atoms with Crippen molar-refractivity contribution in [3.63, 3.8) is 0 Å². The average molecular weight is 304 g/mol. The molecular weight excluding hydrogens is 284 g/mol. The van der Waals surface area contributed by atoms with Crippen molar-refractivity contribution in [3.05, 3.63) is 15.8 Å². The molecule has 0 spiro atoms. The number of nitrogens with zero attached hydrogens (tertiary/aromatic N) is 2. The first-order valence-electron chi connectivity index (χ1n) is 6.33. The van der Waals surface area contributed by atoms with Crippen molar-refractivity contribution in [1.82, 2.24) is 9.21 Å². The van der Waals surface area contributed by atoms with Gasteiger partial charge < -0.3 is 10.0 Å². The Kier molecular flexibility index (Phi) is 4.62. The molecule has 0 saturated carbocycles. The maximum Gasteiger partial charge on any atom is 0.244 e. The van der Waals surface area contributed by atoms with Crippen molar-refractivity contribution in [2.45, 2.75) is 24.8 Å². The van der Waals surface area contributed by atoms with E-state index >= 15 is 0 Å². The molecule has 2 heterocycles. The van der Waals surface area contributed by atoms with Gasteiger partial charge in [-0.15, -0.1) is 11.3 Å². The lowest BCUT2D eigenvalue weighted by atomic mass is 10.3. The molecule has 0 radical (unpaired) electrons. The van der Waals surface area contributed by atoms with Gasteiger partial charge in [0.1, 0.15) is 4.90 Å². The zero-order valence-electron chi connectivity index (χ0n) is 11.3. The van der Waals surface area contributed by atoms with Crippen molar-refractivity contribution in [3.8, 4) is 0 Å². The number of rotatable bonds is 3. The Bertz CT molecular complexity index is 539. The van der Waals surface area contributed by atoms with Crippen LogP contribution in [0.5, 0.6) is 0 Å². The van der Waals surface area contributed by atoms with Crippen LogP contribution < -0.4 is 0 Å². The Morgan fingerprint density at radius 1 is 1.32 bits per heavy atom. The normalized spacial score (nSPS) is 19.5. The molecule has 108 valence electrons. The van der Waals surface area contributed by atoms with E-state index in [4.69, 9.17) is 0 Å². The molecule has 0 aromatic carbocycles. The van der Waals surface area contributed by atoms with Gasteiger partial charge in [0, 0.05) is 19.6 Å². The topological polar surface area (TPSA) is 60.9 Å². The second-order valence-electron chi connectivity index (χ2n) is 4.89. The Labute approximate surface area is 118 Å². The van der Waals surface area contributed by atoms with E-state index in [-0.39, 0.29) is 6.61 Å². The summed E-state index contributed by atoms with van der Waals surface area (Å²) in [5.41, 5.74) is 0.728. The number of aliphatic hydroxyl groups is 1. The SMILES string of the molecule is Cc1csc(CO)c1S(=O)(=O)N1CCCN(C)CC1. The van der Waals surface area contributed by atoms with E-state index in [1.807, 2.05) is 7.05 Å². The van der Waals surface area contributed by atoms with Crippen LogP contribution in [0.4, 0.5) is 0 Å². The standard InChI is InChI=1S/C12H20N2O3S2/c1-10-9-18-11(8-15)12(10)19(16,17)14-5-3-4-13(2)6-7-14/h9,15H,3-8H2,1-2H3. The molecule has 0 atom stereocenters. The molecule has 1 fully saturated rings. The summed E-state index contributed by atoms with van der Waals surface area (Å²) >= 11 is 1.31. The van der Waals surface area contributed by atoms with Gasteiger partial charge in [-0.3, -0.25) is 0 Å². The second-order valence-corrected chi connectivity index (χ2v) is 7.73. The third kappa shape index (κ3) is 3.00. The lowest BCUT2D eigenvalue weighted by Crippen LogP contribution is -2.35. The summed E-state index contributed by atoms with van der Waals surface area (Å²) in [6.45, 7) is 4.29. The molecule has 1 aliphatic heterocycles. The van der Waals surface area contributed by atoms with Gasteiger partial charge >= 0.3 is 0 Å². The van der Waals surface area contributed by atoms with Crippen LogP contribution in [-0.4, -0.2) is 56.0 Å². The van der Waals surface area contributed by atoms with E-state index in [0.717, 1.165) is 25.1 Å². The predicted molar refractivity (Wildman–Crippen MR) is 75.9 cm³/mol. The van der Waals surface area contributed by atoms with Gasteiger partial charge in [0.05, 0.1) is 11.5 Å². The molecule has 2 rings (SSSR count). The minimum Gasteiger partial charge on any atom is -0.391 e. The maximum absolute atomic E-state index is 12.7. The summed E-state index contributed by atoms with van der Waals surface area (Å²) in [5.74, 6) is 0. The second kappa shape index (κ2) is 5.88. The zero-order chi connectivity index (χ0) is 14.0. The van der Waals surface area contributed by atoms with Gasteiger partial charge in [0.25, 0.3) is 0 Å². The fourth-order valence-corrected chi connectivity index (χ4v) is 5.42. The molecule has 5 nitrogen and oxygen atoms in total. The first-order chi connectivity index (χ1) is 8.96. The number of aryl methyl sites for hydroxylation is 1. The Morgan fingerprint density at radius 2 is 2.05 bits per heavy atom. The first kappa shape index (κ1) is 14.9. The van der Waals surface area contributed by atoms with E-state index in [9.17, 15) is 13.5 Å². The molecule has 0 unspecified atom stereocenters. The molecule has 0 amide bonds. The number of hydrogen-bond acceptors (Lipinski definition) is 5. The maximum atomic E-state index is 12.7. The van der Waals surface area contributed by atoms with Crippen LogP contribution in [0.15, 0.2) is 10.3 Å². The smallest absolute Gasteiger partial charge is 0.244 e. The van der Waals surface area contributed by atoms with Crippen molar-refractivity contribution in [2.75, 3.05) is 33.2 Å². The van der Waals surface area contributed by atoms with Crippen molar-refractivity contribution < 1.29 is 13.5 Å². The minimum atomic E-state index is -3.48. The van der Waals surface area contributed by atoms with Crippen LogP contribution in [0.2, 0.25) is 0 Å². The van der Waals surface area contributed by atoms with E-state index < -0.39 is 10.0 Å². The summed E-state index contributed by atoms with van der Waals surface area (Å²) in [4.78, 5) is 2.99. The molecule has 19 heavy (non-hydrogen) atoms. The number of likely N-dealkylation sites (N-methyl/N-ethyl adjacent to an activating group) is 1. The summed E-state index contributed by atoms with van der Waals surface area (Å²) in [7, 11) is -1.48. The fraction of sp³-hybridized carbons (Fsp3) is 0.667. The molecular formula is C12H20N2O3S2. The van der Waals surface area contributed by atoms with Crippen LogP contribution in [0.1, 0.15) is 16.9 Å².